The SMILES string of the molecule is FCC1CCC(c2ccc(-c3cc(F)c(F)c(F)c3)cc2)CC1. The van der Waals surface area contributed by atoms with Gasteiger partial charge in [-0.05, 0) is 66.3 Å². The Morgan fingerprint density at radius 1 is 0.783 bits per heavy atom. The standard InChI is InChI=1S/C19H18F4/c20-11-12-1-3-13(4-2-12)14-5-7-15(8-6-14)16-9-17(21)19(23)18(22)10-16/h5-10,12-13H,1-4,11H2. The molecule has 2 aromatic rings. The molecule has 1 fully saturated rings. The van der Waals surface area contributed by atoms with Crippen LogP contribution in [-0.2, 0) is 0 Å². The van der Waals surface area contributed by atoms with Crippen molar-refractivity contribution in [2.24, 2.45) is 5.92 Å². The van der Waals surface area contributed by atoms with Gasteiger partial charge in [0.25, 0.3) is 0 Å². The molecule has 122 valence electrons. The van der Waals surface area contributed by atoms with Crippen molar-refractivity contribution in [3.05, 3.63) is 59.4 Å². The summed E-state index contributed by atoms with van der Waals surface area (Å²) in [4.78, 5) is 0. The smallest absolute Gasteiger partial charge is 0.194 e. The van der Waals surface area contributed by atoms with Crippen molar-refractivity contribution in [1.29, 1.82) is 0 Å². The molecule has 0 nitrogen and oxygen atoms in total. The van der Waals surface area contributed by atoms with Gasteiger partial charge in [-0.25, -0.2) is 13.2 Å². The maximum absolute atomic E-state index is 13.3. The lowest BCUT2D eigenvalue weighted by molar-refractivity contribution is 0.263. The summed E-state index contributed by atoms with van der Waals surface area (Å²) in [6.45, 7) is -0.243. The maximum atomic E-state index is 13.3. The van der Waals surface area contributed by atoms with E-state index in [2.05, 4.69) is 0 Å². The van der Waals surface area contributed by atoms with Crippen LogP contribution in [0, 0.1) is 23.4 Å². The van der Waals surface area contributed by atoms with Crippen LogP contribution < -0.4 is 0 Å². The Labute approximate surface area is 133 Å². The summed E-state index contributed by atoms with van der Waals surface area (Å²) in [7, 11) is 0. The van der Waals surface area contributed by atoms with Crippen LogP contribution in [0.3, 0.4) is 0 Å². The lowest BCUT2D eigenvalue weighted by Crippen LogP contribution is -2.14. The van der Waals surface area contributed by atoms with Crippen LogP contribution in [-0.4, -0.2) is 6.67 Å². The molecule has 2 aromatic carbocycles. The molecule has 23 heavy (non-hydrogen) atoms. The zero-order valence-corrected chi connectivity index (χ0v) is 12.7. The van der Waals surface area contributed by atoms with Gasteiger partial charge >= 0.3 is 0 Å². The van der Waals surface area contributed by atoms with Gasteiger partial charge < -0.3 is 0 Å². The molecule has 1 aliphatic rings. The third kappa shape index (κ3) is 3.41. The van der Waals surface area contributed by atoms with Crippen LogP contribution >= 0.6 is 0 Å². The molecule has 0 amide bonds. The summed E-state index contributed by atoms with van der Waals surface area (Å²) in [6, 6.07) is 9.47. The molecule has 1 saturated carbocycles. The molecule has 0 radical (unpaired) electrons. The number of hydrogen-bond donors (Lipinski definition) is 0. The molecule has 0 N–H and O–H groups in total. The van der Waals surface area contributed by atoms with Crippen molar-refractivity contribution >= 4 is 0 Å². The molecule has 3 rings (SSSR count). The van der Waals surface area contributed by atoms with E-state index in [0.717, 1.165) is 43.4 Å². The third-order valence-corrected chi connectivity index (χ3v) is 4.76. The molecular formula is C19H18F4. The van der Waals surface area contributed by atoms with E-state index in [1.807, 2.05) is 12.1 Å². The fourth-order valence-electron chi connectivity index (χ4n) is 3.32. The van der Waals surface area contributed by atoms with Crippen molar-refractivity contribution in [2.45, 2.75) is 31.6 Å². The summed E-state index contributed by atoms with van der Waals surface area (Å²) >= 11 is 0. The van der Waals surface area contributed by atoms with Gasteiger partial charge in [-0.3, -0.25) is 4.39 Å². The minimum absolute atomic E-state index is 0.190. The van der Waals surface area contributed by atoms with E-state index in [0.29, 0.717) is 17.0 Å². The summed E-state index contributed by atoms with van der Waals surface area (Å²) in [6.07, 6.45) is 3.73. The van der Waals surface area contributed by atoms with Crippen molar-refractivity contribution in [3.8, 4) is 11.1 Å². The quantitative estimate of drug-likeness (QED) is 0.479. The fourth-order valence-corrected chi connectivity index (χ4v) is 3.32. The monoisotopic (exact) mass is 322 g/mol. The maximum Gasteiger partial charge on any atom is 0.194 e. The average Bonchev–Trinajstić information content (AvgIpc) is 2.59. The predicted octanol–water partition coefficient (Wildman–Crippen LogP) is 6.01. The molecule has 0 bridgehead atoms. The average molecular weight is 322 g/mol. The van der Waals surface area contributed by atoms with E-state index in [1.165, 1.54) is 0 Å². The van der Waals surface area contributed by atoms with Gasteiger partial charge in [0, 0.05) is 0 Å². The van der Waals surface area contributed by atoms with E-state index >= 15 is 0 Å². The molecule has 0 spiro atoms. The Kier molecular flexibility index (Phi) is 4.69. The summed E-state index contributed by atoms with van der Waals surface area (Å²) in [5.74, 6) is -3.22. The molecular weight excluding hydrogens is 304 g/mol. The Morgan fingerprint density at radius 3 is 1.87 bits per heavy atom. The minimum atomic E-state index is -1.45. The van der Waals surface area contributed by atoms with Crippen molar-refractivity contribution in [1.82, 2.24) is 0 Å². The Morgan fingerprint density at radius 2 is 1.35 bits per heavy atom. The van der Waals surface area contributed by atoms with Gasteiger partial charge in [0.15, 0.2) is 17.5 Å². The Bertz CT molecular complexity index is 647. The van der Waals surface area contributed by atoms with Gasteiger partial charge in [-0.1, -0.05) is 24.3 Å². The first-order valence-corrected chi connectivity index (χ1v) is 7.89. The molecule has 0 heterocycles. The lowest BCUT2D eigenvalue weighted by atomic mass is 9.79. The highest BCUT2D eigenvalue weighted by molar-refractivity contribution is 5.64. The number of hydrogen-bond acceptors (Lipinski definition) is 0. The highest BCUT2D eigenvalue weighted by Gasteiger charge is 2.22. The van der Waals surface area contributed by atoms with Gasteiger partial charge in [0.2, 0.25) is 0 Å². The van der Waals surface area contributed by atoms with Crippen molar-refractivity contribution in [3.63, 3.8) is 0 Å². The highest BCUT2D eigenvalue weighted by Crippen LogP contribution is 2.36. The normalized spacial score (nSPS) is 21.4. The molecule has 0 unspecified atom stereocenters. The first-order chi connectivity index (χ1) is 11.1. The van der Waals surface area contributed by atoms with Gasteiger partial charge in [0.1, 0.15) is 0 Å². The summed E-state index contributed by atoms with van der Waals surface area (Å²) in [5.41, 5.74) is 2.12. The molecule has 0 aromatic heterocycles. The lowest BCUT2D eigenvalue weighted by Gasteiger charge is -2.27. The molecule has 1 aliphatic carbocycles. The topological polar surface area (TPSA) is 0 Å². The van der Waals surface area contributed by atoms with Crippen molar-refractivity contribution in [2.75, 3.05) is 6.67 Å². The molecule has 0 aliphatic heterocycles. The second-order valence-electron chi connectivity index (χ2n) is 6.25. The van der Waals surface area contributed by atoms with E-state index in [1.54, 1.807) is 12.1 Å². The Balaban J connectivity index is 1.77. The van der Waals surface area contributed by atoms with Crippen LogP contribution in [0.2, 0.25) is 0 Å². The summed E-state index contributed by atoms with van der Waals surface area (Å²) in [5, 5.41) is 0. The number of benzene rings is 2. The summed E-state index contributed by atoms with van der Waals surface area (Å²) < 4.78 is 52.3. The van der Waals surface area contributed by atoms with Crippen LogP contribution in [0.25, 0.3) is 11.1 Å². The van der Waals surface area contributed by atoms with E-state index in [4.69, 9.17) is 0 Å². The molecule has 0 saturated heterocycles. The van der Waals surface area contributed by atoms with E-state index in [-0.39, 0.29) is 12.6 Å². The second kappa shape index (κ2) is 6.73. The number of alkyl halides is 1. The predicted molar refractivity (Wildman–Crippen MR) is 82.4 cm³/mol. The minimum Gasteiger partial charge on any atom is -0.251 e. The zero-order valence-electron chi connectivity index (χ0n) is 12.7. The first-order valence-electron chi connectivity index (χ1n) is 7.89. The van der Waals surface area contributed by atoms with Crippen molar-refractivity contribution < 1.29 is 17.6 Å². The highest BCUT2D eigenvalue weighted by atomic mass is 19.2. The van der Waals surface area contributed by atoms with Crippen LogP contribution in [0.1, 0.15) is 37.2 Å². The number of halogens is 4. The van der Waals surface area contributed by atoms with Gasteiger partial charge in [-0.15, -0.1) is 0 Å². The molecule has 0 atom stereocenters. The molecule has 4 heteroatoms. The van der Waals surface area contributed by atoms with Gasteiger partial charge in [-0.2, -0.15) is 0 Å². The zero-order chi connectivity index (χ0) is 16.4. The first kappa shape index (κ1) is 16.0. The van der Waals surface area contributed by atoms with E-state index in [9.17, 15) is 17.6 Å². The number of rotatable bonds is 3. The third-order valence-electron chi connectivity index (χ3n) is 4.76. The van der Waals surface area contributed by atoms with Crippen LogP contribution in [0.4, 0.5) is 17.6 Å². The largest absolute Gasteiger partial charge is 0.251 e. The fraction of sp³-hybridized carbons (Fsp3) is 0.368. The van der Waals surface area contributed by atoms with Gasteiger partial charge in [0.05, 0.1) is 6.67 Å². The van der Waals surface area contributed by atoms with Crippen LogP contribution in [0.15, 0.2) is 36.4 Å². The second-order valence-corrected chi connectivity index (χ2v) is 6.25. The van der Waals surface area contributed by atoms with Crippen LogP contribution in [0.5, 0.6) is 0 Å². The Hall–Kier alpha value is -1.84. The van der Waals surface area contributed by atoms with E-state index < -0.39 is 17.5 Å².